The number of fused-ring (bicyclic) bond motifs is 1. The van der Waals surface area contributed by atoms with E-state index >= 15 is 0 Å². The minimum Gasteiger partial charge on any atom is -0.362 e. The number of nitrogens with one attached hydrogen (secondary N) is 1. The molecule has 238 valence electrons. The number of nitriles is 2. The van der Waals surface area contributed by atoms with Gasteiger partial charge >= 0.3 is 0 Å². The maximum absolute atomic E-state index is 10.3. The van der Waals surface area contributed by atoms with E-state index in [1.807, 2.05) is 42.5 Å². The fourth-order valence-electron chi connectivity index (χ4n) is 7.32. The van der Waals surface area contributed by atoms with E-state index in [0.29, 0.717) is 5.56 Å². The quantitative estimate of drug-likeness (QED) is 0.184. The molecule has 4 heteroatoms. The normalized spacial score (nSPS) is 17.8. The summed E-state index contributed by atoms with van der Waals surface area (Å²) in [4.78, 5) is 5.39. The third-order valence-electron chi connectivity index (χ3n) is 9.87. The fraction of sp³-hybridized carbons (Fsp3) is 0.109. The van der Waals surface area contributed by atoms with E-state index in [2.05, 4.69) is 133 Å². The van der Waals surface area contributed by atoms with Crippen LogP contribution in [-0.2, 0) is 0 Å². The number of hydrogen-bond donors (Lipinski definition) is 1. The molecule has 0 spiro atoms. The van der Waals surface area contributed by atoms with Gasteiger partial charge in [0.15, 0.2) is 0 Å². The van der Waals surface area contributed by atoms with Gasteiger partial charge in [0.1, 0.15) is 6.17 Å². The van der Waals surface area contributed by atoms with Crippen LogP contribution in [0, 0.1) is 34.5 Å². The number of allylic oxidation sites excluding steroid dienone is 2. The lowest BCUT2D eigenvalue weighted by Crippen LogP contribution is -2.37. The van der Waals surface area contributed by atoms with Crippen LogP contribution in [0.25, 0.3) is 44.5 Å². The van der Waals surface area contributed by atoms with Gasteiger partial charge < -0.3 is 5.32 Å². The van der Waals surface area contributed by atoms with Crippen molar-refractivity contribution >= 4 is 11.4 Å². The SMILES string of the molecule is N#Cc1ccccc1C1=NC(C2CCC=CC2C#N)Nc2c1cc(-c1cccc(-c3ccccc3)c1)cc2-c1cccc(-c2ccccc2)c1. The third-order valence-corrected chi connectivity index (χ3v) is 9.87. The molecule has 1 heterocycles. The number of nitrogens with zero attached hydrogens (tertiary/aromatic N) is 3. The summed E-state index contributed by atoms with van der Waals surface area (Å²) >= 11 is 0. The number of rotatable bonds is 6. The van der Waals surface area contributed by atoms with Gasteiger partial charge in [-0.05, 0) is 82.1 Å². The van der Waals surface area contributed by atoms with Gasteiger partial charge in [-0.25, -0.2) is 0 Å². The van der Waals surface area contributed by atoms with Crippen molar-refractivity contribution in [3.8, 4) is 56.6 Å². The molecular weight excluding hydrogens is 609 g/mol. The van der Waals surface area contributed by atoms with Gasteiger partial charge in [-0.1, -0.05) is 127 Å². The average molecular weight is 643 g/mol. The lowest BCUT2D eigenvalue weighted by atomic mass is 9.80. The lowest BCUT2D eigenvalue weighted by molar-refractivity contribution is 0.362. The van der Waals surface area contributed by atoms with Crippen LogP contribution in [0.3, 0.4) is 0 Å². The Hall–Kier alpha value is -6.49. The summed E-state index contributed by atoms with van der Waals surface area (Å²) in [6.45, 7) is 0. The summed E-state index contributed by atoms with van der Waals surface area (Å²) in [5.41, 5.74) is 12.9. The Morgan fingerprint density at radius 2 is 1.14 bits per heavy atom. The topological polar surface area (TPSA) is 72.0 Å². The smallest absolute Gasteiger partial charge is 0.123 e. The van der Waals surface area contributed by atoms with Crippen LogP contribution in [0.15, 0.2) is 163 Å². The molecule has 3 unspecified atom stereocenters. The molecule has 1 N–H and O–H groups in total. The molecular formula is C46H34N4. The summed E-state index contributed by atoms with van der Waals surface area (Å²) < 4.78 is 0. The van der Waals surface area contributed by atoms with Crippen molar-refractivity contribution in [1.82, 2.24) is 0 Å². The van der Waals surface area contributed by atoms with Gasteiger partial charge in [-0.3, -0.25) is 4.99 Å². The lowest BCUT2D eigenvalue weighted by Gasteiger charge is -2.35. The fourth-order valence-corrected chi connectivity index (χ4v) is 7.32. The van der Waals surface area contributed by atoms with E-state index in [0.717, 1.165) is 79.9 Å². The van der Waals surface area contributed by atoms with Crippen molar-refractivity contribution in [1.29, 1.82) is 10.5 Å². The molecule has 0 radical (unpaired) electrons. The van der Waals surface area contributed by atoms with Gasteiger partial charge in [0.2, 0.25) is 0 Å². The van der Waals surface area contributed by atoms with Crippen molar-refractivity contribution in [2.24, 2.45) is 16.8 Å². The molecule has 8 rings (SSSR count). The van der Waals surface area contributed by atoms with E-state index < -0.39 is 0 Å². The highest BCUT2D eigenvalue weighted by molar-refractivity contribution is 6.20. The van der Waals surface area contributed by atoms with E-state index in [9.17, 15) is 10.5 Å². The molecule has 4 nitrogen and oxygen atoms in total. The Balaban J connectivity index is 1.38. The predicted molar refractivity (Wildman–Crippen MR) is 203 cm³/mol. The number of hydrogen-bond acceptors (Lipinski definition) is 4. The summed E-state index contributed by atoms with van der Waals surface area (Å²) in [6.07, 6.45) is 5.53. The number of aliphatic imine (C=N–C) groups is 1. The summed E-state index contributed by atoms with van der Waals surface area (Å²) in [5, 5.41) is 24.3. The molecule has 1 aliphatic heterocycles. The van der Waals surface area contributed by atoms with Crippen LogP contribution in [0.5, 0.6) is 0 Å². The van der Waals surface area contributed by atoms with Crippen LogP contribution in [0.4, 0.5) is 5.69 Å². The van der Waals surface area contributed by atoms with Crippen molar-refractivity contribution in [3.63, 3.8) is 0 Å². The zero-order valence-corrected chi connectivity index (χ0v) is 27.5. The van der Waals surface area contributed by atoms with Crippen LogP contribution < -0.4 is 5.32 Å². The molecule has 0 amide bonds. The molecule has 6 aromatic rings. The highest BCUT2D eigenvalue weighted by atomic mass is 15.1. The van der Waals surface area contributed by atoms with Crippen molar-refractivity contribution in [2.75, 3.05) is 5.32 Å². The van der Waals surface area contributed by atoms with Crippen molar-refractivity contribution < 1.29 is 0 Å². The van der Waals surface area contributed by atoms with Crippen LogP contribution in [0.1, 0.15) is 29.5 Å². The first kappa shape index (κ1) is 30.8. The first-order valence-corrected chi connectivity index (χ1v) is 17.1. The first-order chi connectivity index (χ1) is 24.7. The monoisotopic (exact) mass is 642 g/mol. The molecule has 0 saturated carbocycles. The van der Waals surface area contributed by atoms with Crippen molar-refractivity contribution in [2.45, 2.75) is 19.0 Å². The Bertz CT molecular complexity index is 2340. The second-order valence-corrected chi connectivity index (χ2v) is 12.9. The van der Waals surface area contributed by atoms with Crippen LogP contribution in [-0.4, -0.2) is 11.9 Å². The van der Waals surface area contributed by atoms with Crippen molar-refractivity contribution in [3.05, 3.63) is 174 Å². The van der Waals surface area contributed by atoms with Gasteiger partial charge in [0.05, 0.1) is 35.0 Å². The van der Waals surface area contributed by atoms with Gasteiger partial charge in [-0.15, -0.1) is 0 Å². The van der Waals surface area contributed by atoms with Gasteiger partial charge in [0.25, 0.3) is 0 Å². The second kappa shape index (κ2) is 13.6. The molecule has 0 fully saturated rings. The van der Waals surface area contributed by atoms with Gasteiger partial charge in [-0.2, -0.15) is 10.5 Å². The number of anilines is 1. The molecule has 1 aliphatic carbocycles. The van der Waals surface area contributed by atoms with E-state index in [-0.39, 0.29) is 18.0 Å². The highest BCUT2D eigenvalue weighted by Crippen LogP contribution is 2.43. The standard InChI is InChI=1S/C46H34N4/c47-29-37-17-7-9-23-40(37)44-43-28-39(35-21-11-19-33(25-35)31-13-3-1-4-14-31)27-42(36-22-12-20-34(26-36)32-15-5-2-6-16-32)45(43)50-46(49-44)41-24-10-8-18-38(41)30-48/h1-9,11-23,25-28,38,41,46,50H,10,24H2. The third kappa shape index (κ3) is 5.89. The molecule has 0 aromatic heterocycles. The number of benzene rings is 6. The van der Waals surface area contributed by atoms with E-state index in [1.54, 1.807) is 0 Å². The Kier molecular flexibility index (Phi) is 8.36. The van der Waals surface area contributed by atoms with Crippen LogP contribution in [0.2, 0.25) is 0 Å². The first-order valence-electron chi connectivity index (χ1n) is 17.1. The zero-order valence-electron chi connectivity index (χ0n) is 27.5. The molecule has 50 heavy (non-hydrogen) atoms. The summed E-state index contributed by atoms with van der Waals surface area (Å²) in [6, 6.07) is 55.3. The Morgan fingerprint density at radius 3 is 1.82 bits per heavy atom. The second-order valence-electron chi connectivity index (χ2n) is 12.9. The predicted octanol–water partition coefficient (Wildman–Crippen LogP) is 10.9. The molecule has 0 saturated heterocycles. The van der Waals surface area contributed by atoms with Crippen LogP contribution >= 0.6 is 0 Å². The minimum atomic E-state index is -0.345. The molecule has 0 bridgehead atoms. The average Bonchev–Trinajstić information content (AvgIpc) is 3.20. The van der Waals surface area contributed by atoms with E-state index in [4.69, 9.17) is 4.99 Å². The van der Waals surface area contributed by atoms with Gasteiger partial charge in [0, 0.05) is 22.6 Å². The Labute approximate surface area is 293 Å². The minimum absolute atomic E-state index is 0.0202. The highest BCUT2D eigenvalue weighted by Gasteiger charge is 2.35. The molecule has 2 aliphatic rings. The maximum Gasteiger partial charge on any atom is 0.123 e. The summed E-state index contributed by atoms with van der Waals surface area (Å²) in [5.74, 6) is -0.281. The molecule has 6 aromatic carbocycles. The molecule has 3 atom stereocenters. The Morgan fingerprint density at radius 1 is 0.560 bits per heavy atom. The largest absolute Gasteiger partial charge is 0.362 e. The zero-order chi connectivity index (χ0) is 33.9. The van der Waals surface area contributed by atoms with E-state index in [1.165, 1.54) is 0 Å². The summed E-state index contributed by atoms with van der Waals surface area (Å²) in [7, 11) is 0. The maximum atomic E-state index is 10.3.